The minimum atomic E-state index is -0.690. The van der Waals surface area contributed by atoms with Crippen molar-refractivity contribution in [1.29, 1.82) is 0 Å². The zero-order valence-electron chi connectivity index (χ0n) is 33.9. The van der Waals surface area contributed by atoms with Crippen molar-refractivity contribution in [3.8, 4) is 0 Å². The first-order valence-corrected chi connectivity index (χ1v) is 22.7. The fourth-order valence-corrected chi connectivity index (χ4v) is 16.7. The predicted octanol–water partition coefficient (Wildman–Crippen LogP) is 7.28. The molecule has 308 valence electrons. The zero-order valence-corrected chi connectivity index (χ0v) is 33.9. The highest BCUT2D eigenvalue weighted by molar-refractivity contribution is 5.84. The molecule has 0 N–H and O–H groups in total. The molecule has 0 aromatic carbocycles. The van der Waals surface area contributed by atoms with E-state index in [4.69, 9.17) is 28.4 Å². The number of carbonyl (C=O) groups excluding carboxylic acids is 4. The molecular weight excluding hydrogens is 712 g/mol. The van der Waals surface area contributed by atoms with Gasteiger partial charge in [-0.2, -0.15) is 0 Å². The van der Waals surface area contributed by atoms with Crippen LogP contribution in [0.4, 0.5) is 0 Å². The Morgan fingerprint density at radius 1 is 0.446 bits per heavy atom. The number of esters is 4. The number of hydrogen-bond acceptors (Lipinski definition) is 10. The summed E-state index contributed by atoms with van der Waals surface area (Å²) < 4.78 is 37.0. The highest BCUT2D eigenvalue weighted by Crippen LogP contribution is 2.70. The highest BCUT2D eigenvalue weighted by atomic mass is 16.6. The van der Waals surface area contributed by atoms with Gasteiger partial charge in [0.15, 0.2) is 0 Å². The molecule has 2 heterocycles. The molecule has 2 aliphatic heterocycles. The smallest absolute Gasteiger partial charge is 0.312 e. The topological polar surface area (TPSA) is 124 Å². The Morgan fingerprint density at radius 2 is 0.750 bits per heavy atom. The van der Waals surface area contributed by atoms with Gasteiger partial charge in [0.2, 0.25) is 0 Å². The summed E-state index contributed by atoms with van der Waals surface area (Å²) in [6.45, 7) is 7.64. The first-order chi connectivity index (χ1) is 26.8. The third kappa shape index (κ3) is 5.51. The minimum Gasteiger partial charge on any atom is -0.464 e. The lowest BCUT2D eigenvalue weighted by Gasteiger charge is -2.63. The average molecular weight is 777 g/mol. The highest BCUT2D eigenvalue weighted by Gasteiger charge is 2.69. The van der Waals surface area contributed by atoms with E-state index in [-0.39, 0.29) is 34.7 Å². The molecule has 0 spiro atoms. The second-order valence-electron chi connectivity index (χ2n) is 23.0. The van der Waals surface area contributed by atoms with Crippen LogP contribution in [-0.4, -0.2) is 74.7 Å². The van der Waals surface area contributed by atoms with Gasteiger partial charge in [-0.25, -0.2) is 0 Å². The van der Waals surface area contributed by atoms with Crippen molar-refractivity contribution in [2.24, 2.45) is 68.0 Å². The average Bonchev–Trinajstić information content (AvgIpc) is 3.09. The van der Waals surface area contributed by atoms with Crippen LogP contribution in [-0.2, 0) is 47.6 Å². The zero-order chi connectivity index (χ0) is 38.4. The van der Waals surface area contributed by atoms with Gasteiger partial charge in [-0.15, -0.1) is 0 Å². The summed E-state index contributed by atoms with van der Waals surface area (Å²) in [7, 11) is 0. The lowest BCUT2D eigenvalue weighted by Crippen LogP contribution is -2.64. The predicted molar refractivity (Wildman–Crippen MR) is 200 cm³/mol. The summed E-state index contributed by atoms with van der Waals surface area (Å²) in [5.74, 6) is 1.62. The molecule has 56 heavy (non-hydrogen) atoms. The third-order valence-corrected chi connectivity index (χ3v) is 18.6. The van der Waals surface area contributed by atoms with Crippen LogP contribution in [0.25, 0.3) is 0 Å². The molecule has 12 aliphatic carbocycles. The summed E-state index contributed by atoms with van der Waals surface area (Å²) in [4.78, 5) is 57.8. The summed E-state index contributed by atoms with van der Waals surface area (Å²) >= 11 is 0. The molecule has 2 saturated heterocycles. The molecule has 10 heteroatoms. The van der Waals surface area contributed by atoms with Crippen LogP contribution in [0.15, 0.2) is 0 Å². The molecule has 14 fully saturated rings. The molecular formula is C46H64O10. The van der Waals surface area contributed by atoms with Crippen LogP contribution in [0.3, 0.4) is 0 Å². The van der Waals surface area contributed by atoms with E-state index < -0.39 is 32.9 Å². The van der Waals surface area contributed by atoms with Gasteiger partial charge in [0.1, 0.15) is 24.4 Å². The first-order valence-electron chi connectivity index (χ1n) is 22.7. The van der Waals surface area contributed by atoms with E-state index in [0.29, 0.717) is 94.4 Å². The van der Waals surface area contributed by atoms with Crippen molar-refractivity contribution >= 4 is 23.9 Å². The van der Waals surface area contributed by atoms with Crippen LogP contribution in [0.2, 0.25) is 0 Å². The van der Waals surface area contributed by atoms with E-state index in [1.54, 1.807) is 0 Å². The number of hydrogen-bond donors (Lipinski definition) is 0. The Labute approximate surface area is 331 Å². The number of rotatable bonds is 12. The van der Waals surface area contributed by atoms with Crippen molar-refractivity contribution in [2.75, 3.05) is 39.6 Å². The Balaban J connectivity index is 0.801. The minimum absolute atomic E-state index is 0.0653. The van der Waals surface area contributed by atoms with Crippen LogP contribution in [0.1, 0.15) is 142 Å². The molecule has 0 amide bonds. The summed E-state index contributed by atoms with van der Waals surface area (Å²) in [5, 5.41) is 0. The largest absolute Gasteiger partial charge is 0.464 e. The maximum absolute atomic E-state index is 14.9. The molecule has 12 saturated carbocycles. The molecule has 14 rings (SSSR count). The summed E-state index contributed by atoms with van der Waals surface area (Å²) in [5.41, 5.74) is -3.94. The van der Waals surface area contributed by atoms with Crippen molar-refractivity contribution in [3.63, 3.8) is 0 Å². The summed E-state index contributed by atoms with van der Waals surface area (Å²) in [6, 6.07) is 0. The quantitative estimate of drug-likeness (QED) is 0.148. The fourth-order valence-electron chi connectivity index (χ4n) is 16.7. The molecule has 4 atom stereocenters. The Hall–Kier alpha value is -2.20. The normalized spacial score (nSPS) is 48.8. The van der Waals surface area contributed by atoms with E-state index >= 15 is 0 Å². The molecule has 14 aliphatic rings. The van der Waals surface area contributed by atoms with E-state index in [1.807, 2.05) is 0 Å². The second-order valence-corrected chi connectivity index (χ2v) is 23.0. The first kappa shape index (κ1) is 36.8. The van der Waals surface area contributed by atoms with E-state index in [9.17, 15) is 19.2 Å². The van der Waals surface area contributed by atoms with Gasteiger partial charge in [-0.05, 0) is 151 Å². The molecule has 12 bridgehead atoms. The van der Waals surface area contributed by atoms with Crippen molar-refractivity contribution in [2.45, 2.75) is 153 Å². The van der Waals surface area contributed by atoms with Gasteiger partial charge in [0.25, 0.3) is 0 Å². The Morgan fingerprint density at radius 3 is 1.04 bits per heavy atom. The van der Waals surface area contributed by atoms with E-state index in [2.05, 4.69) is 13.8 Å². The van der Waals surface area contributed by atoms with Gasteiger partial charge in [0.05, 0.1) is 58.9 Å². The summed E-state index contributed by atoms with van der Waals surface area (Å²) in [6.07, 6.45) is 16.5. The molecule has 4 unspecified atom stereocenters. The monoisotopic (exact) mass is 776 g/mol. The molecule has 0 aromatic rings. The maximum atomic E-state index is 14.9. The second kappa shape index (κ2) is 12.2. The van der Waals surface area contributed by atoms with Crippen molar-refractivity contribution in [1.82, 2.24) is 0 Å². The van der Waals surface area contributed by atoms with Crippen LogP contribution < -0.4 is 0 Å². The molecule has 0 aromatic heterocycles. The Bertz CT molecular complexity index is 1520. The van der Waals surface area contributed by atoms with Gasteiger partial charge in [-0.3, -0.25) is 19.2 Å². The molecule has 10 nitrogen and oxygen atoms in total. The fraction of sp³-hybridized carbons (Fsp3) is 0.913. The molecule has 0 radical (unpaired) electrons. The number of ether oxygens (including phenoxy) is 6. The van der Waals surface area contributed by atoms with Gasteiger partial charge in [0, 0.05) is 12.8 Å². The van der Waals surface area contributed by atoms with Crippen LogP contribution in [0, 0.1) is 68.0 Å². The van der Waals surface area contributed by atoms with Crippen molar-refractivity contribution < 1.29 is 47.6 Å². The van der Waals surface area contributed by atoms with E-state index in [0.717, 1.165) is 109 Å². The van der Waals surface area contributed by atoms with Gasteiger partial charge in [-0.1, -0.05) is 13.8 Å². The lowest BCUT2D eigenvalue weighted by atomic mass is 9.43. The standard InChI is InChI=1S/C46H64O10/c1-3-39(23-51-24-39)27-53-35(47)43-12-31-6-32(13-43)17-45(16-31,21-43)55-37(49)41-8-29-5-30(9-41)11-42(10-29,20-41)38(50)56-46-18-33-7-34(19-46)15-44(14-33,22-46)36(48)54-28-40(4-2)25-52-26-40/h29-34H,3-28H2,1-2H3. The number of carbonyl (C=O) groups is 4. The lowest BCUT2D eigenvalue weighted by molar-refractivity contribution is -0.240. The van der Waals surface area contributed by atoms with Crippen LogP contribution in [0.5, 0.6) is 0 Å². The van der Waals surface area contributed by atoms with Crippen LogP contribution >= 0.6 is 0 Å². The van der Waals surface area contributed by atoms with E-state index in [1.165, 1.54) is 0 Å². The van der Waals surface area contributed by atoms with Gasteiger partial charge >= 0.3 is 23.9 Å². The maximum Gasteiger partial charge on any atom is 0.312 e. The SMILES string of the molecule is CCC1(COC(=O)C23CC4CC(CC(OC(=O)C56CC7CC(C5)CC(C(=O)OC58CC9CC(C5)CC(C(=O)OCC5(CC)COC5)(C9)C8)(C7)C6)(C4)C2)C3)COC1. The van der Waals surface area contributed by atoms with Crippen molar-refractivity contribution in [3.05, 3.63) is 0 Å². The Kier molecular flexibility index (Phi) is 8.02. The third-order valence-electron chi connectivity index (χ3n) is 18.6. The van der Waals surface area contributed by atoms with Gasteiger partial charge < -0.3 is 28.4 Å².